The van der Waals surface area contributed by atoms with Crippen molar-refractivity contribution >= 4 is 33.5 Å². The van der Waals surface area contributed by atoms with E-state index in [1.165, 1.54) is 18.9 Å². The van der Waals surface area contributed by atoms with Gasteiger partial charge in [-0.05, 0) is 67.9 Å². The van der Waals surface area contributed by atoms with Crippen LogP contribution in [0.4, 0.5) is 10.1 Å². The van der Waals surface area contributed by atoms with Crippen molar-refractivity contribution in [1.82, 2.24) is 19.0 Å². The molecule has 0 radical (unpaired) electrons. The smallest absolute Gasteiger partial charge is 0.254 e. The number of likely N-dealkylation sites (tertiary alicyclic amines) is 1. The molecule has 8 nitrogen and oxygen atoms in total. The second-order valence-electron chi connectivity index (χ2n) is 11.5. The Morgan fingerprint density at radius 1 is 1.13 bits per heavy atom. The minimum absolute atomic E-state index is 0.00607. The van der Waals surface area contributed by atoms with Gasteiger partial charge in [0, 0.05) is 43.2 Å². The van der Waals surface area contributed by atoms with Crippen molar-refractivity contribution < 1.29 is 9.18 Å². The number of halogens is 1. The van der Waals surface area contributed by atoms with Crippen LogP contribution in [0.5, 0.6) is 0 Å². The molecule has 2 saturated carbocycles. The molecule has 0 unspecified atom stereocenters. The lowest BCUT2D eigenvalue weighted by atomic mass is 10.1. The summed E-state index contributed by atoms with van der Waals surface area (Å²) in [6.07, 6.45) is 4.30. The van der Waals surface area contributed by atoms with Gasteiger partial charge in [-0.3, -0.25) is 4.79 Å². The molecule has 4 aromatic rings. The molecule has 4 heterocycles. The first kappa shape index (κ1) is 22.1. The first-order chi connectivity index (χ1) is 18.4. The first-order valence-corrected chi connectivity index (χ1v) is 13.5. The highest BCUT2D eigenvalue weighted by Gasteiger charge is 2.47. The molecular weight excluding hydrogens is 481 g/mol. The summed E-state index contributed by atoms with van der Waals surface area (Å²) >= 11 is 0. The van der Waals surface area contributed by atoms with Crippen molar-refractivity contribution in [1.29, 1.82) is 5.26 Å². The number of hydrogen-bond acceptors (Lipinski definition) is 5. The summed E-state index contributed by atoms with van der Waals surface area (Å²) in [6.45, 7) is 1.44. The molecule has 2 aromatic carbocycles. The van der Waals surface area contributed by atoms with Gasteiger partial charge in [0.1, 0.15) is 11.3 Å². The van der Waals surface area contributed by atoms with Gasteiger partial charge in [0.25, 0.3) is 5.91 Å². The maximum Gasteiger partial charge on any atom is 0.254 e. The van der Waals surface area contributed by atoms with Crippen LogP contribution in [-0.4, -0.2) is 50.1 Å². The molecule has 0 spiro atoms. The summed E-state index contributed by atoms with van der Waals surface area (Å²) in [5.41, 5.74) is 10.9. The normalized spacial score (nSPS) is 25.8. The molecule has 1 amide bonds. The SMILES string of the molecule is Cn1c(-c2cc3c(C#N)ccc4c3n2[C@@H](C2CC2)CN4)nc2cc(C(=O)N3C[C@H]4CC[C@@H]3[C@@H]4N)cc(F)c21. The van der Waals surface area contributed by atoms with E-state index in [4.69, 9.17) is 10.7 Å². The molecule has 2 aliphatic carbocycles. The number of piperidine rings is 1. The molecule has 38 heavy (non-hydrogen) atoms. The van der Waals surface area contributed by atoms with Gasteiger partial charge < -0.3 is 25.1 Å². The Morgan fingerprint density at radius 3 is 2.66 bits per heavy atom. The molecule has 8 rings (SSSR count). The lowest BCUT2D eigenvalue weighted by Gasteiger charge is -2.29. The predicted molar refractivity (Wildman–Crippen MR) is 142 cm³/mol. The van der Waals surface area contributed by atoms with Gasteiger partial charge in [0.2, 0.25) is 0 Å². The van der Waals surface area contributed by atoms with E-state index in [1.807, 2.05) is 30.1 Å². The Morgan fingerprint density at radius 2 is 1.95 bits per heavy atom. The van der Waals surface area contributed by atoms with E-state index in [0.717, 1.165) is 41.7 Å². The highest BCUT2D eigenvalue weighted by Crippen LogP contribution is 2.48. The Hall–Kier alpha value is -3.90. The Kier molecular flexibility index (Phi) is 4.41. The molecule has 3 fully saturated rings. The third kappa shape index (κ3) is 2.86. The number of aromatic nitrogens is 3. The number of hydrogen-bond donors (Lipinski definition) is 2. The van der Waals surface area contributed by atoms with Gasteiger partial charge in [0.05, 0.1) is 40.1 Å². The zero-order chi connectivity index (χ0) is 25.9. The quantitative estimate of drug-likeness (QED) is 0.432. The predicted octanol–water partition coefficient (Wildman–Crippen LogP) is 4.14. The van der Waals surface area contributed by atoms with Crippen LogP contribution in [-0.2, 0) is 7.05 Å². The fraction of sp³-hybridized carbons (Fsp3) is 0.414. The van der Waals surface area contributed by atoms with Crippen molar-refractivity contribution in [3.05, 3.63) is 47.3 Å². The second-order valence-corrected chi connectivity index (χ2v) is 11.5. The molecule has 2 aliphatic heterocycles. The maximum absolute atomic E-state index is 15.6. The minimum atomic E-state index is -0.464. The number of nitrogens with one attached hydrogen (secondary N) is 1. The van der Waals surface area contributed by atoms with Crippen molar-refractivity contribution in [3.63, 3.8) is 0 Å². The van der Waals surface area contributed by atoms with E-state index in [9.17, 15) is 10.1 Å². The molecule has 1 saturated heterocycles. The number of rotatable bonds is 3. The highest BCUT2D eigenvalue weighted by atomic mass is 19.1. The van der Waals surface area contributed by atoms with Crippen LogP contribution in [0.25, 0.3) is 33.5 Å². The Balaban J connectivity index is 1.29. The number of nitrogens with two attached hydrogens (primary N) is 1. The summed E-state index contributed by atoms with van der Waals surface area (Å²) in [7, 11) is 1.82. The molecule has 2 aromatic heterocycles. The lowest BCUT2D eigenvalue weighted by Crippen LogP contribution is -2.41. The molecule has 9 heteroatoms. The van der Waals surface area contributed by atoms with Crippen LogP contribution >= 0.6 is 0 Å². The Labute approximate surface area is 218 Å². The number of imidazole rings is 1. The number of anilines is 1. The fourth-order valence-electron chi connectivity index (χ4n) is 7.36. The van der Waals surface area contributed by atoms with Crippen LogP contribution in [0.3, 0.4) is 0 Å². The average Bonchev–Trinajstić information content (AvgIpc) is 3.36. The number of nitrogens with zero attached hydrogens (tertiary/aromatic N) is 5. The topological polar surface area (TPSA) is 105 Å². The summed E-state index contributed by atoms with van der Waals surface area (Å²) in [5.74, 6) is 0.885. The van der Waals surface area contributed by atoms with E-state index in [1.54, 1.807) is 10.6 Å². The fourth-order valence-corrected chi connectivity index (χ4v) is 7.36. The molecule has 2 bridgehead atoms. The number of fused-ring (bicyclic) bond motifs is 3. The van der Waals surface area contributed by atoms with E-state index in [2.05, 4.69) is 16.0 Å². The van der Waals surface area contributed by atoms with Crippen molar-refractivity contribution in [2.75, 3.05) is 18.4 Å². The minimum Gasteiger partial charge on any atom is -0.381 e. The zero-order valence-electron chi connectivity index (χ0n) is 21.1. The van der Waals surface area contributed by atoms with Crippen LogP contribution in [0.1, 0.15) is 47.6 Å². The maximum atomic E-state index is 15.6. The van der Waals surface area contributed by atoms with E-state index in [-0.39, 0.29) is 24.0 Å². The summed E-state index contributed by atoms with van der Waals surface area (Å²) in [6, 6.07) is 11.5. The molecule has 4 aliphatic rings. The summed E-state index contributed by atoms with van der Waals surface area (Å²) in [4.78, 5) is 20.2. The number of carbonyl (C=O) groups excluding carboxylic acids is 1. The first-order valence-electron chi connectivity index (χ1n) is 13.5. The van der Waals surface area contributed by atoms with E-state index >= 15 is 4.39 Å². The van der Waals surface area contributed by atoms with Crippen LogP contribution in [0.15, 0.2) is 30.3 Å². The third-order valence-electron chi connectivity index (χ3n) is 9.43. The van der Waals surface area contributed by atoms with Crippen molar-refractivity contribution in [3.8, 4) is 17.6 Å². The van der Waals surface area contributed by atoms with Crippen LogP contribution in [0.2, 0.25) is 0 Å². The summed E-state index contributed by atoms with van der Waals surface area (Å²) in [5, 5.41) is 14.2. The standard InChI is InChI=1S/C29H28FN7O/c1-35-27-19(30)8-17(29(38)36-13-16-5-7-22(36)25(16)32)9-21(27)34-28(35)23-10-18-15(11-31)4-6-20-26(18)37(23)24(12-33-20)14-2-3-14/h4,6,8-10,14,16,22,24-25,33H,2-3,5,7,12-13,32H2,1H3/t16-,22-,24-,25-/m1/s1. The molecule has 4 atom stereocenters. The van der Waals surface area contributed by atoms with Gasteiger partial charge in [-0.25, -0.2) is 9.37 Å². The van der Waals surface area contributed by atoms with Crippen molar-refractivity contribution in [2.45, 2.75) is 43.8 Å². The lowest BCUT2D eigenvalue weighted by molar-refractivity contribution is 0.0700. The molecule has 3 N–H and O–H groups in total. The number of amides is 1. The second kappa shape index (κ2) is 7.58. The van der Waals surface area contributed by atoms with Gasteiger partial charge in [-0.2, -0.15) is 5.26 Å². The van der Waals surface area contributed by atoms with Crippen molar-refractivity contribution in [2.24, 2.45) is 24.6 Å². The average molecular weight is 510 g/mol. The largest absolute Gasteiger partial charge is 0.381 e. The van der Waals surface area contributed by atoms with Gasteiger partial charge >= 0.3 is 0 Å². The van der Waals surface area contributed by atoms with Gasteiger partial charge in [-0.1, -0.05) is 0 Å². The monoisotopic (exact) mass is 509 g/mol. The molecular formula is C29H28FN7O. The number of aryl methyl sites for hydroxylation is 1. The van der Waals surface area contributed by atoms with E-state index < -0.39 is 5.82 Å². The third-order valence-corrected chi connectivity index (χ3v) is 9.43. The number of nitriles is 1. The zero-order valence-corrected chi connectivity index (χ0v) is 21.1. The molecule has 192 valence electrons. The number of carbonyl (C=O) groups is 1. The number of benzene rings is 2. The van der Waals surface area contributed by atoms with Crippen LogP contribution < -0.4 is 11.1 Å². The van der Waals surface area contributed by atoms with Gasteiger partial charge in [-0.15, -0.1) is 0 Å². The highest BCUT2D eigenvalue weighted by molar-refractivity contribution is 6.01. The van der Waals surface area contributed by atoms with Gasteiger partial charge in [0.15, 0.2) is 5.82 Å². The Bertz CT molecular complexity index is 1720. The van der Waals surface area contributed by atoms with Crippen LogP contribution in [0, 0.1) is 29.0 Å². The summed E-state index contributed by atoms with van der Waals surface area (Å²) < 4.78 is 19.7. The van der Waals surface area contributed by atoms with E-state index in [0.29, 0.717) is 46.4 Å².